The predicted octanol–water partition coefficient (Wildman–Crippen LogP) is 0.730. The molecule has 0 aromatic carbocycles. The van der Waals surface area contributed by atoms with E-state index < -0.39 is 5.60 Å². The number of hydrogen-bond acceptors (Lipinski definition) is 4. The van der Waals surface area contributed by atoms with Crippen LogP contribution in [-0.4, -0.2) is 47.1 Å². The van der Waals surface area contributed by atoms with Crippen LogP contribution in [0.15, 0.2) is 12.4 Å². The van der Waals surface area contributed by atoms with Crippen LogP contribution in [0, 0.1) is 0 Å². The van der Waals surface area contributed by atoms with Crippen molar-refractivity contribution in [3.63, 3.8) is 0 Å². The summed E-state index contributed by atoms with van der Waals surface area (Å²) in [6, 6.07) is 0. The average Bonchev–Trinajstić information content (AvgIpc) is 2.72. The number of hydrogen-bond donors (Lipinski definition) is 2. The Morgan fingerprint density at radius 3 is 2.83 bits per heavy atom. The Balaban J connectivity index is 2.21. The third-order valence-corrected chi connectivity index (χ3v) is 3.13. The fourth-order valence-corrected chi connectivity index (χ4v) is 1.80. The summed E-state index contributed by atoms with van der Waals surface area (Å²) in [4.78, 5) is 4.26. The molecule has 1 rings (SSSR count). The van der Waals surface area contributed by atoms with E-state index in [-0.39, 0.29) is 0 Å². The molecule has 0 bridgehead atoms. The van der Waals surface area contributed by atoms with E-state index in [4.69, 9.17) is 4.74 Å². The molecule has 18 heavy (non-hydrogen) atoms. The first kappa shape index (κ1) is 15.1. The number of aliphatic hydroxyl groups is 1. The summed E-state index contributed by atoms with van der Waals surface area (Å²) in [6.45, 7) is 4.21. The van der Waals surface area contributed by atoms with Gasteiger partial charge in [-0.1, -0.05) is 0 Å². The molecule has 0 saturated heterocycles. The highest BCUT2D eigenvalue weighted by Crippen LogP contribution is 2.16. The highest BCUT2D eigenvalue weighted by atomic mass is 16.5. The first-order chi connectivity index (χ1) is 8.55. The normalized spacial score (nSPS) is 14.7. The number of methoxy groups -OCH3 is 1. The summed E-state index contributed by atoms with van der Waals surface area (Å²) in [6.07, 6.45) is 5.98. The SMILES string of the molecule is COCCNCCC(C)(O)CCc1nccn1C. The van der Waals surface area contributed by atoms with Crippen LogP contribution in [0.3, 0.4) is 0 Å². The molecule has 1 unspecified atom stereocenters. The summed E-state index contributed by atoms with van der Waals surface area (Å²) in [7, 11) is 3.66. The van der Waals surface area contributed by atoms with Crippen molar-refractivity contribution in [3.05, 3.63) is 18.2 Å². The van der Waals surface area contributed by atoms with Crippen molar-refractivity contribution >= 4 is 0 Å². The Kier molecular flexibility index (Phi) is 6.32. The minimum absolute atomic E-state index is 0.647. The quantitative estimate of drug-likeness (QED) is 0.639. The Labute approximate surface area is 109 Å². The van der Waals surface area contributed by atoms with Gasteiger partial charge in [0, 0.05) is 39.5 Å². The van der Waals surface area contributed by atoms with Crippen LogP contribution < -0.4 is 5.32 Å². The molecule has 0 aliphatic heterocycles. The summed E-state index contributed by atoms with van der Waals surface area (Å²) >= 11 is 0. The zero-order valence-corrected chi connectivity index (χ0v) is 11.6. The lowest BCUT2D eigenvalue weighted by molar-refractivity contribution is 0.0415. The maximum Gasteiger partial charge on any atom is 0.108 e. The van der Waals surface area contributed by atoms with Gasteiger partial charge >= 0.3 is 0 Å². The van der Waals surface area contributed by atoms with Crippen LogP contribution in [0.1, 0.15) is 25.6 Å². The minimum Gasteiger partial charge on any atom is -0.390 e. The smallest absolute Gasteiger partial charge is 0.108 e. The van der Waals surface area contributed by atoms with E-state index in [0.717, 1.165) is 38.2 Å². The Morgan fingerprint density at radius 1 is 1.44 bits per heavy atom. The van der Waals surface area contributed by atoms with Crippen molar-refractivity contribution in [3.8, 4) is 0 Å². The number of aromatic nitrogens is 2. The van der Waals surface area contributed by atoms with E-state index in [0.29, 0.717) is 6.61 Å². The van der Waals surface area contributed by atoms with Crippen molar-refractivity contribution in [2.45, 2.75) is 31.8 Å². The zero-order valence-electron chi connectivity index (χ0n) is 11.6. The second-order valence-electron chi connectivity index (χ2n) is 4.94. The molecule has 5 heteroatoms. The Bertz CT molecular complexity index is 337. The Hall–Kier alpha value is -0.910. The van der Waals surface area contributed by atoms with Crippen LogP contribution in [0.25, 0.3) is 0 Å². The third-order valence-electron chi connectivity index (χ3n) is 3.13. The van der Waals surface area contributed by atoms with Crippen molar-refractivity contribution in [1.82, 2.24) is 14.9 Å². The zero-order chi connectivity index (χ0) is 13.4. The Morgan fingerprint density at radius 2 is 2.22 bits per heavy atom. The van der Waals surface area contributed by atoms with Crippen molar-refractivity contribution < 1.29 is 9.84 Å². The van der Waals surface area contributed by atoms with Crippen molar-refractivity contribution in [1.29, 1.82) is 0 Å². The third kappa shape index (κ3) is 5.62. The molecule has 0 spiro atoms. The van der Waals surface area contributed by atoms with Gasteiger partial charge in [0.05, 0.1) is 12.2 Å². The molecule has 2 N–H and O–H groups in total. The minimum atomic E-state index is -0.647. The second kappa shape index (κ2) is 7.51. The van der Waals surface area contributed by atoms with E-state index in [1.807, 2.05) is 24.7 Å². The van der Waals surface area contributed by atoms with Crippen LogP contribution in [-0.2, 0) is 18.2 Å². The molecule has 0 fully saturated rings. The first-order valence-electron chi connectivity index (χ1n) is 6.43. The lowest BCUT2D eigenvalue weighted by atomic mass is 9.96. The first-order valence-corrected chi connectivity index (χ1v) is 6.43. The highest BCUT2D eigenvalue weighted by Gasteiger charge is 2.20. The lowest BCUT2D eigenvalue weighted by Gasteiger charge is -2.23. The van der Waals surface area contributed by atoms with Crippen molar-refractivity contribution in [2.75, 3.05) is 26.8 Å². The molecule has 1 aromatic rings. The topological polar surface area (TPSA) is 59.3 Å². The molecule has 0 aliphatic rings. The fraction of sp³-hybridized carbons (Fsp3) is 0.769. The van der Waals surface area contributed by atoms with Gasteiger partial charge in [0.2, 0.25) is 0 Å². The van der Waals surface area contributed by atoms with Gasteiger partial charge in [-0.25, -0.2) is 4.98 Å². The average molecular weight is 255 g/mol. The summed E-state index contributed by atoms with van der Waals surface area (Å²) in [5.41, 5.74) is -0.647. The molecule has 104 valence electrons. The monoisotopic (exact) mass is 255 g/mol. The predicted molar refractivity (Wildman–Crippen MR) is 71.5 cm³/mol. The van der Waals surface area contributed by atoms with Crippen LogP contribution in [0.5, 0.6) is 0 Å². The van der Waals surface area contributed by atoms with E-state index in [2.05, 4.69) is 10.3 Å². The van der Waals surface area contributed by atoms with E-state index >= 15 is 0 Å². The standard InChI is InChI=1S/C13H25N3O2/c1-13(17,6-7-14-9-11-18-3)5-4-12-15-8-10-16(12)2/h8,10,14,17H,4-7,9,11H2,1-3H3. The second-order valence-corrected chi connectivity index (χ2v) is 4.94. The van der Waals surface area contributed by atoms with Crippen LogP contribution in [0.4, 0.5) is 0 Å². The number of ether oxygens (including phenoxy) is 1. The molecule has 1 atom stereocenters. The lowest BCUT2D eigenvalue weighted by Crippen LogP contribution is -2.32. The summed E-state index contributed by atoms with van der Waals surface area (Å²) < 4.78 is 6.94. The number of rotatable bonds is 9. The molecule has 1 aromatic heterocycles. The summed E-state index contributed by atoms with van der Waals surface area (Å²) in [5, 5.41) is 13.5. The van der Waals surface area contributed by atoms with Crippen LogP contribution in [0.2, 0.25) is 0 Å². The number of aryl methyl sites for hydroxylation is 2. The molecule has 0 aliphatic carbocycles. The van der Waals surface area contributed by atoms with Crippen LogP contribution >= 0.6 is 0 Å². The molecular formula is C13H25N3O2. The molecule has 5 nitrogen and oxygen atoms in total. The molecule has 0 saturated carbocycles. The maximum absolute atomic E-state index is 10.3. The van der Waals surface area contributed by atoms with Crippen molar-refractivity contribution in [2.24, 2.45) is 7.05 Å². The van der Waals surface area contributed by atoms with Gasteiger partial charge < -0.3 is 19.7 Å². The molecular weight excluding hydrogens is 230 g/mol. The number of imidazole rings is 1. The maximum atomic E-state index is 10.3. The van der Waals surface area contributed by atoms with Gasteiger partial charge in [-0.15, -0.1) is 0 Å². The largest absolute Gasteiger partial charge is 0.390 e. The molecule has 1 heterocycles. The van der Waals surface area contributed by atoms with Gasteiger partial charge in [0.1, 0.15) is 5.82 Å². The molecule has 0 amide bonds. The number of nitrogens with one attached hydrogen (secondary N) is 1. The fourth-order valence-electron chi connectivity index (χ4n) is 1.80. The van der Waals surface area contributed by atoms with Gasteiger partial charge in [-0.05, 0) is 26.3 Å². The van der Waals surface area contributed by atoms with Gasteiger partial charge in [0.15, 0.2) is 0 Å². The van der Waals surface area contributed by atoms with E-state index in [1.54, 1.807) is 13.3 Å². The van der Waals surface area contributed by atoms with Gasteiger partial charge in [0.25, 0.3) is 0 Å². The molecule has 0 radical (unpaired) electrons. The highest BCUT2D eigenvalue weighted by molar-refractivity contribution is 4.93. The van der Waals surface area contributed by atoms with Gasteiger partial charge in [-0.2, -0.15) is 0 Å². The summed E-state index contributed by atoms with van der Waals surface area (Å²) in [5.74, 6) is 1.02. The number of nitrogens with zero attached hydrogens (tertiary/aromatic N) is 2. The van der Waals surface area contributed by atoms with E-state index in [9.17, 15) is 5.11 Å². The van der Waals surface area contributed by atoms with E-state index in [1.165, 1.54) is 0 Å². The van der Waals surface area contributed by atoms with Gasteiger partial charge in [-0.3, -0.25) is 0 Å².